The van der Waals surface area contributed by atoms with Crippen molar-refractivity contribution in [2.75, 3.05) is 43.9 Å². The van der Waals surface area contributed by atoms with Gasteiger partial charge in [0.1, 0.15) is 11.2 Å². The van der Waals surface area contributed by atoms with Crippen LogP contribution in [0.5, 0.6) is 0 Å². The number of nitrogens with two attached hydrogens (primary N) is 1. The van der Waals surface area contributed by atoms with Gasteiger partial charge in [-0.25, -0.2) is 4.98 Å². The van der Waals surface area contributed by atoms with Gasteiger partial charge in [0.05, 0.1) is 18.9 Å². The molecule has 7 nitrogen and oxygen atoms in total. The molecule has 2 heterocycles. The van der Waals surface area contributed by atoms with E-state index in [0.717, 1.165) is 42.9 Å². The van der Waals surface area contributed by atoms with Crippen LogP contribution in [0.15, 0.2) is 79.0 Å². The zero-order valence-corrected chi connectivity index (χ0v) is 19.6. The number of carbonyl (C=O) groups is 1. The number of pyridine rings is 1. The fourth-order valence-electron chi connectivity index (χ4n) is 3.69. The molecule has 0 amide bonds. The summed E-state index contributed by atoms with van der Waals surface area (Å²) in [4.78, 5) is 15.7. The Bertz CT molecular complexity index is 998. The average molecular weight is 463 g/mol. The third-order valence-electron chi connectivity index (χ3n) is 5.92. The number of nitrogen functional groups attached to an aromatic ring is 1. The summed E-state index contributed by atoms with van der Waals surface area (Å²) in [5, 5.41) is 16.3. The number of nitrogens with zero attached hydrogens (tertiary/aromatic N) is 1. The normalized spacial score (nSPS) is 14.7. The molecule has 0 bridgehead atoms. The van der Waals surface area contributed by atoms with Crippen molar-refractivity contribution in [1.82, 2.24) is 10.3 Å². The molecule has 1 fully saturated rings. The number of anilines is 2. The van der Waals surface area contributed by atoms with Gasteiger partial charge in [0.2, 0.25) is 0 Å². The molecule has 3 aromatic rings. The second-order valence-electron chi connectivity index (χ2n) is 8.48. The van der Waals surface area contributed by atoms with Crippen LogP contribution in [0.3, 0.4) is 0 Å². The number of aromatic nitrogens is 1. The van der Waals surface area contributed by atoms with Crippen LogP contribution in [-0.4, -0.2) is 48.9 Å². The van der Waals surface area contributed by atoms with E-state index in [1.165, 1.54) is 0 Å². The first-order chi connectivity index (χ1) is 16.5. The van der Waals surface area contributed by atoms with Gasteiger partial charge >= 0.3 is 5.97 Å². The number of hydrogen-bond acceptors (Lipinski definition) is 6. The number of nitrogens with one attached hydrogen (secondary N) is 2. The summed E-state index contributed by atoms with van der Waals surface area (Å²) in [7, 11) is 0. The molecule has 1 atom stereocenters. The highest BCUT2D eigenvalue weighted by atomic mass is 16.5. The van der Waals surface area contributed by atoms with E-state index >= 15 is 0 Å². The molecular formula is C27H34N4O3. The lowest BCUT2D eigenvalue weighted by Crippen LogP contribution is -2.53. The summed E-state index contributed by atoms with van der Waals surface area (Å²) < 4.78 is 5.19. The highest BCUT2D eigenvalue weighted by Crippen LogP contribution is 2.34. The highest BCUT2D eigenvalue weighted by molar-refractivity contribution is 5.83. The molecule has 7 heteroatoms. The molecule has 0 saturated carbocycles. The van der Waals surface area contributed by atoms with Gasteiger partial charge in [-0.2, -0.15) is 0 Å². The molecule has 0 aliphatic carbocycles. The molecular weight excluding hydrogens is 428 g/mol. The largest absolute Gasteiger partial charge is 0.480 e. The minimum absolute atomic E-state index is 0.243. The Morgan fingerprint density at radius 2 is 1.79 bits per heavy atom. The fourth-order valence-corrected chi connectivity index (χ4v) is 3.69. The smallest absolute Gasteiger partial charge is 0.318 e. The van der Waals surface area contributed by atoms with Crippen LogP contribution in [0, 0.1) is 0 Å². The predicted octanol–water partition coefficient (Wildman–Crippen LogP) is 3.90. The molecule has 180 valence electrons. The van der Waals surface area contributed by atoms with E-state index in [9.17, 15) is 9.90 Å². The van der Waals surface area contributed by atoms with Crippen molar-refractivity contribution in [2.45, 2.75) is 24.7 Å². The first-order valence-corrected chi connectivity index (χ1v) is 11.6. The summed E-state index contributed by atoms with van der Waals surface area (Å²) in [5.74, 6) is -0.0166. The van der Waals surface area contributed by atoms with Gasteiger partial charge < -0.3 is 26.2 Å². The fraction of sp³-hybridized carbons (Fsp3) is 0.333. The van der Waals surface area contributed by atoms with Crippen molar-refractivity contribution >= 4 is 17.5 Å². The summed E-state index contributed by atoms with van der Waals surface area (Å²) in [6, 6.07) is 23.7. The first kappa shape index (κ1) is 25.2. The molecule has 2 aromatic carbocycles. The zero-order valence-electron chi connectivity index (χ0n) is 19.6. The van der Waals surface area contributed by atoms with Crippen molar-refractivity contribution in [2.24, 2.45) is 0 Å². The third-order valence-corrected chi connectivity index (χ3v) is 5.92. The van der Waals surface area contributed by atoms with Gasteiger partial charge in [0.25, 0.3) is 0 Å². The van der Waals surface area contributed by atoms with Crippen LogP contribution >= 0.6 is 0 Å². The lowest BCUT2D eigenvalue weighted by Gasteiger charge is -2.38. The van der Waals surface area contributed by atoms with Gasteiger partial charge in [-0.05, 0) is 42.1 Å². The predicted molar refractivity (Wildman–Crippen MR) is 136 cm³/mol. The number of rotatable bonds is 10. The maximum Gasteiger partial charge on any atom is 0.318 e. The van der Waals surface area contributed by atoms with Crippen molar-refractivity contribution in [3.8, 4) is 0 Å². The van der Waals surface area contributed by atoms with Gasteiger partial charge in [-0.3, -0.25) is 4.79 Å². The Labute approximate surface area is 201 Å². The standard InChI is InChI=1S/C21H28N4O3.C6H6/c1-15(12-23-8-4-10-24-18-7-3-9-25-19(18)22)16-5-2-6-17(11-16)21(20(26)27)13-28-14-21;1-2-4-6-5-3-1/h2-3,5-7,9,11,15,23-24H,4,8,10,12-14H2,1H3,(H2,22,25)(H,26,27);1-6H. The Morgan fingerprint density at radius 1 is 1.09 bits per heavy atom. The van der Waals surface area contributed by atoms with Gasteiger partial charge in [-0.1, -0.05) is 67.6 Å². The maximum atomic E-state index is 11.7. The molecule has 0 spiro atoms. The SMILES string of the molecule is CC(CNCCCNc1cccnc1N)c1cccc(C2(C(=O)O)COC2)c1.c1ccccc1. The van der Waals surface area contributed by atoms with Gasteiger partial charge in [-0.15, -0.1) is 0 Å². The average Bonchev–Trinajstić information content (AvgIpc) is 2.83. The van der Waals surface area contributed by atoms with E-state index in [4.69, 9.17) is 10.5 Å². The number of hydrogen-bond donors (Lipinski definition) is 4. The third kappa shape index (κ3) is 6.79. The highest BCUT2D eigenvalue weighted by Gasteiger charge is 2.47. The van der Waals surface area contributed by atoms with Crippen molar-refractivity contribution < 1.29 is 14.6 Å². The molecule has 0 radical (unpaired) electrons. The maximum absolute atomic E-state index is 11.7. The molecule has 5 N–H and O–H groups in total. The minimum atomic E-state index is -0.886. The van der Waals surface area contributed by atoms with Crippen molar-refractivity contribution in [3.63, 3.8) is 0 Å². The molecule has 1 aliphatic rings. The quantitative estimate of drug-likeness (QED) is 0.338. The lowest BCUT2D eigenvalue weighted by molar-refractivity contribution is -0.163. The zero-order chi connectivity index (χ0) is 24.2. The topological polar surface area (TPSA) is 110 Å². The minimum Gasteiger partial charge on any atom is -0.480 e. The van der Waals surface area contributed by atoms with Crippen molar-refractivity contribution in [1.29, 1.82) is 0 Å². The lowest BCUT2D eigenvalue weighted by atomic mass is 9.77. The molecule has 34 heavy (non-hydrogen) atoms. The first-order valence-electron chi connectivity index (χ1n) is 11.6. The number of carboxylic acids is 1. The van der Waals surface area contributed by atoms with Crippen LogP contribution in [0.1, 0.15) is 30.4 Å². The number of carboxylic acid groups (broad SMARTS) is 1. The van der Waals surface area contributed by atoms with E-state index in [2.05, 4.69) is 28.6 Å². The molecule has 1 aliphatic heterocycles. The number of aliphatic carboxylic acids is 1. The van der Waals surface area contributed by atoms with Crippen molar-refractivity contribution in [3.05, 3.63) is 90.1 Å². The second kappa shape index (κ2) is 12.7. The van der Waals surface area contributed by atoms with E-state index in [-0.39, 0.29) is 19.1 Å². The Balaban J connectivity index is 0.000000469. The van der Waals surface area contributed by atoms with Crippen LogP contribution in [0.4, 0.5) is 11.5 Å². The Morgan fingerprint density at radius 3 is 2.38 bits per heavy atom. The summed E-state index contributed by atoms with van der Waals surface area (Å²) in [6.45, 7) is 5.15. The number of benzene rings is 2. The number of ether oxygens (including phenoxy) is 1. The monoisotopic (exact) mass is 462 g/mol. The Hall–Kier alpha value is -3.42. The van der Waals surface area contributed by atoms with E-state index in [1.807, 2.05) is 66.7 Å². The van der Waals surface area contributed by atoms with E-state index < -0.39 is 11.4 Å². The van der Waals surface area contributed by atoms with Gasteiger partial charge in [0.15, 0.2) is 0 Å². The Kier molecular flexibility index (Phi) is 9.43. The molecule has 1 saturated heterocycles. The molecule has 4 rings (SSSR count). The van der Waals surface area contributed by atoms with E-state index in [1.54, 1.807) is 6.20 Å². The second-order valence-corrected chi connectivity index (χ2v) is 8.48. The van der Waals surface area contributed by atoms with Crippen LogP contribution in [0.2, 0.25) is 0 Å². The molecule has 1 aromatic heterocycles. The van der Waals surface area contributed by atoms with Crippen LogP contribution < -0.4 is 16.4 Å². The molecule has 1 unspecified atom stereocenters. The summed E-state index contributed by atoms with van der Waals surface area (Å²) in [6.07, 6.45) is 2.63. The van der Waals surface area contributed by atoms with Crippen LogP contribution in [0.25, 0.3) is 0 Å². The summed E-state index contributed by atoms with van der Waals surface area (Å²) in [5.41, 5.74) is 7.75. The van der Waals surface area contributed by atoms with Crippen LogP contribution in [-0.2, 0) is 14.9 Å². The van der Waals surface area contributed by atoms with E-state index in [0.29, 0.717) is 5.82 Å². The summed E-state index contributed by atoms with van der Waals surface area (Å²) >= 11 is 0. The van der Waals surface area contributed by atoms with Gasteiger partial charge in [0, 0.05) is 19.3 Å².